The van der Waals surface area contributed by atoms with E-state index in [9.17, 15) is 9.59 Å². The lowest BCUT2D eigenvalue weighted by Gasteiger charge is -2.05. The summed E-state index contributed by atoms with van der Waals surface area (Å²) >= 11 is 1.37. The second kappa shape index (κ2) is 7.61. The van der Waals surface area contributed by atoms with Gasteiger partial charge in [0, 0.05) is 35.9 Å². The van der Waals surface area contributed by atoms with E-state index < -0.39 is 0 Å². The number of H-pyrrole nitrogens is 1. The van der Waals surface area contributed by atoms with Gasteiger partial charge in [-0.15, -0.1) is 11.3 Å². The number of pyridine rings is 1. The van der Waals surface area contributed by atoms with Gasteiger partial charge in [-0.2, -0.15) is 4.99 Å². The summed E-state index contributed by atoms with van der Waals surface area (Å²) in [6.07, 6.45) is 5.15. The number of nitrogens with one attached hydrogen (secondary N) is 1. The van der Waals surface area contributed by atoms with Crippen molar-refractivity contribution in [2.24, 2.45) is 4.99 Å². The number of fused-ring (bicyclic) bond motifs is 1. The summed E-state index contributed by atoms with van der Waals surface area (Å²) in [5.41, 5.74) is 2.53. The zero-order valence-electron chi connectivity index (χ0n) is 15.0. The maximum Gasteiger partial charge on any atom is 0.337 e. The third kappa shape index (κ3) is 3.49. The van der Waals surface area contributed by atoms with E-state index in [2.05, 4.69) is 15.0 Å². The van der Waals surface area contributed by atoms with Crippen LogP contribution in [0.5, 0.6) is 0 Å². The Morgan fingerprint density at radius 1 is 1.29 bits per heavy atom. The van der Waals surface area contributed by atoms with Gasteiger partial charge in [0.1, 0.15) is 5.65 Å². The van der Waals surface area contributed by atoms with Crippen LogP contribution in [-0.2, 0) is 11.3 Å². The number of aromatic nitrogens is 3. The smallest absolute Gasteiger partial charge is 0.337 e. The number of carbonyl (C=O) groups excluding carboxylic acids is 2. The van der Waals surface area contributed by atoms with E-state index in [1.807, 2.05) is 28.3 Å². The summed E-state index contributed by atoms with van der Waals surface area (Å²) in [4.78, 5) is 36.5. The maximum atomic E-state index is 12.7. The number of benzene rings is 1. The average molecular weight is 392 g/mol. The Bertz CT molecular complexity index is 1240. The largest absolute Gasteiger partial charge is 0.465 e. The highest BCUT2D eigenvalue weighted by molar-refractivity contribution is 7.07. The van der Waals surface area contributed by atoms with Gasteiger partial charge in [-0.25, -0.2) is 9.78 Å². The Balaban J connectivity index is 1.64. The number of esters is 1. The highest BCUT2D eigenvalue weighted by Gasteiger charge is 2.12. The molecule has 0 bridgehead atoms. The third-order valence-electron chi connectivity index (χ3n) is 4.24. The molecule has 0 aliphatic rings. The van der Waals surface area contributed by atoms with Crippen LogP contribution in [0.15, 0.2) is 65.4 Å². The number of carbonyl (C=O) groups is 2. The topological polar surface area (TPSA) is 89.3 Å². The predicted octanol–water partition coefficient (Wildman–Crippen LogP) is 3.00. The van der Waals surface area contributed by atoms with Crippen molar-refractivity contribution < 1.29 is 14.3 Å². The Morgan fingerprint density at radius 2 is 2.18 bits per heavy atom. The van der Waals surface area contributed by atoms with E-state index in [-0.39, 0.29) is 11.9 Å². The fourth-order valence-corrected chi connectivity index (χ4v) is 3.62. The standard InChI is InChI=1S/C20H16N4O3S/c1-27-19(26)14-5-2-4-13(10-14)12-24-8-9-28-20(24)23-18(25)16-11-22-17-15(16)6-3-7-21-17/h2-11H,12H2,1H3,(H,21,22). The molecular weight excluding hydrogens is 376 g/mol. The molecule has 0 spiro atoms. The molecular formula is C20H16N4O3S. The lowest BCUT2D eigenvalue weighted by Crippen LogP contribution is -2.17. The van der Waals surface area contributed by atoms with Crippen LogP contribution in [0.1, 0.15) is 26.3 Å². The zero-order chi connectivity index (χ0) is 19.5. The monoisotopic (exact) mass is 392 g/mol. The van der Waals surface area contributed by atoms with Crippen LogP contribution in [0.3, 0.4) is 0 Å². The first-order valence-corrected chi connectivity index (χ1v) is 9.36. The molecule has 0 radical (unpaired) electrons. The first-order valence-electron chi connectivity index (χ1n) is 8.48. The molecule has 4 aromatic rings. The number of amides is 1. The average Bonchev–Trinajstić information content (AvgIpc) is 3.34. The summed E-state index contributed by atoms with van der Waals surface area (Å²) in [6.45, 7) is 0.482. The first kappa shape index (κ1) is 17.9. The van der Waals surface area contributed by atoms with E-state index in [0.717, 1.165) is 10.9 Å². The molecule has 4 rings (SSSR count). The van der Waals surface area contributed by atoms with E-state index >= 15 is 0 Å². The summed E-state index contributed by atoms with van der Waals surface area (Å²) in [6, 6.07) is 10.8. The number of ether oxygens (including phenoxy) is 1. The fraction of sp³-hybridized carbons (Fsp3) is 0.100. The number of hydrogen-bond donors (Lipinski definition) is 1. The number of thiazole rings is 1. The van der Waals surface area contributed by atoms with Gasteiger partial charge in [-0.1, -0.05) is 12.1 Å². The van der Waals surface area contributed by atoms with E-state index in [1.54, 1.807) is 36.7 Å². The molecule has 8 heteroatoms. The van der Waals surface area contributed by atoms with Gasteiger partial charge in [-0.05, 0) is 29.8 Å². The molecule has 0 saturated carbocycles. The van der Waals surface area contributed by atoms with Crippen molar-refractivity contribution in [3.8, 4) is 0 Å². The zero-order valence-corrected chi connectivity index (χ0v) is 15.8. The van der Waals surface area contributed by atoms with Gasteiger partial charge in [0.15, 0.2) is 4.80 Å². The molecule has 1 amide bonds. The molecule has 0 atom stereocenters. The van der Waals surface area contributed by atoms with E-state index in [1.165, 1.54) is 18.4 Å². The molecule has 140 valence electrons. The molecule has 1 aromatic carbocycles. The second-order valence-corrected chi connectivity index (χ2v) is 6.90. The van der Waals surface area contributed by atoms with Crippen LogP contribution in [0.25, 0.3) is 11.0 Å². The van der Waals surface area contributed by atoms with Crippen molar-refractivity contribution in [1.29, 1.82) is 0 Å². The number of nitrogens with zero attached hydrogens (tertiary/aromatic N) is 3. The second-order valence-electron chi connectivity index (χ2n) is 6.02. The lowest BCUT2D eigenvalue weighted by atomic mass is 10.1. The highest BCUT2D eigenvalue weighted by Crippen LogP contribution is 2.16. The quantitative estimate of drug-likeness (QED) is 0.541. The van der Waals surface area contributed by atoms with Crippen LogP contribution in [0.2, 0.25) is 0 Å². The van der Waals surface area contributed by atoms with Gasteiger partial charge in [0.25, 0.3) is 5.91 Å². The van der Waals surface area contributed by atoms with Crippen LogP contribution in [0.4, 0.5) is 0 Å². The normalized spacial score (nSPS) is 11.7. The molecule has 0 aliphatic carbocycles. The van der Waals surface area contributed by atoms with Crippen LogP contribution in [0, 0.1) is 0 Å². The summed E-state index contributed by atoms with van der Waals surface area (Å²) in [7, 11) is 1.35. The van der Waals surface area contributed by atoms with Crippen LogP contribution in [-0.4, -0.2) is 33.5 Å². The minimum absolute atomic E-state index is 0.334. The third-order valence-corrected chi connectivity index (χ3v) is 5.03. The SMILES string of the molecule is COC(=O)c1cccc(Cn2ccsc2=NC(=O)c2c[nH]c3ncccc23)c1. The van der Waals surface area contributed by atoms with Crippen molar-refractivity contribution in [3.63, 3.8) is 0 Å². The van der Waals surface area contributed by atoms with Gasteiger partial charge in [-0.3, -0.25) is 4.79 Å². The van der Waals surface area contributed by atoms with Crippen LogP contribution >= 0.6 is 11.3 Å². The van der Waals surface area contributed by atoms with Crippen LogP contribution < -0.4 is 4.80 Å². The fourth-order valence-electron chi connectivity index (χ4n) is 2.90. The molecule has 0 aliphatic heterocycles. The molecule has 3 heterocycles. The summed E-state index contributed by atoms with van der Waals surface area (Å²) in [5.74, 6) is -0.719. The lowest BCUT2D eigenvalue weighted by molar-refractivity contribution is 0.0600. The van der Waals surface area contributed by atoms with Gasteiger partial charge in [0.05, 0.1) is 18.2 Å². The minimum atomic E-state index is -0.384. The number of hydrogen-bond acceptors (Lipinski definition) is 5. The molecule has 1 N–H and O–H groups in total. The highest BCUT2D eigenvalue weighted by atomic mass is 32.1. The van der Waals surface area contributed by atoms with Crippen molar-refractivity contribution in [3.05, 3.63) is 81.9 Å². The van der Waals surface area contributed by atoms with E-state index in [0.29, 0.717) is 28.1 Å². The van der Waals surface area contributed by atoms with E-state index in [4.69, 9.17) is 4.74 Å². The van der Waals surface area contributed by atoms with Gasteiger partial charge >= 0.3 is 5.97 Å². The minimum Gasteiger partial charge on any atom is -0.465 e. The Kier molecular flexibility index (Phi) is 4.86. The van der Waals surface area contributed by atoms with Crippen molar-refractivity contribution >= 4 is 34.2 Å². The van der Waals surface area contributed by atoms with Crippen molar-refractivity contribution in [2.75, 3.05) is 7.11 Å². The molecule has 0 unspecified atom stereocenters. The van der Waals surface area contributed by atoms with Crippen molar-refractivity contribution in [2.45, 2.75) is 6.54 Å². The Labute approximate surface area is 164 Å². The number of aromatic amines is 1. The Morgan fingerprint density at radius 3 is 3.04 bits per heavy atom. The van der Waals surface area contributed by atoms with Gasteiger partial charge in [0.2, 0.25) is 0 Å². The molecule has 7 nitrogen and oxygen atoms in total. The number of rotatable bonds is 4. The predicted molar refractivity (Wildman–Crippen MR) is 105 cm³/mol. The molecule has 3 aromatic heterocycles. The Hall–Kier alpha value is -3.52. The molecule has 0 saturated heterocycles. The van der Waals surface area contributed by atoms with Crippen molar-refractivity contribution in [1.82, 2.24) is 14.5 Å². The molecule has 0 fully saturated rings. The molecule has 28 heavy (non-hydrogen) atoms. The number of methoxy groups -OCH3 is 1. The maximum absolute atomic E-state index is 12.7. The summed E-state index contributed by atoms with van der Waals surface area (Å²) in [5, 5.41) is 2.61. The summed E-state index contributed by atoms with van der Waals surface area (Å²) < 4.78 is 6.63. The first-order chi connectivity index (χ1) is 13.7. The van der Waals surface area contributed by atoms with Gasteiger partial charge < -0.3 is 14.3 Å².